The van der Waals surface area contributed by atoms with Crippen LogP contribution in [0.5, 0.6) is 0 Å². The van der Waals surface area contributed by atoms with Crippen molar-refractivity contribution in [3.05, 3.63) is 0 Å². The Morgan fingerprint density at radius 1 is 1.25 bits per heavy atom. The molecule has 0 saturated heterocycles. The van der Waals surface area contributed by atoms with Gasteiger partial charge in [0.1, 0.15) is 0 Å². The van der Waals surface area contributed by atoms with Crippen molar-refractivity contribution in [2.75, 3.05) is 7.11 Å². The molecule has 2 aliphatic carbocycles. The smallest absolute Gasteiger partial charge is 0.307 e. The second kappa shape index (κ2) is 5.72. The van der Waals surface area contributed by atoms with Gasteiger partial charge in [-0.1, -0.05) is 13.8 Å². The van der Waals surface area contributed by atoms with Gasteiger partial charge in [0, 0.05) is 18.6 Å². The minimum Gasteiger partial charge on any atom is -0.481 e. The lowest BCUT2D eigenvalue weighted by Crippen LogP contribution is -2.65. The van der Waals surface area contributed by atoms with Crippen LogP contribution < -0.4 is 5.32 Å². The first kappa shape index (κ1) is 15.3. The number of rotatable bonds is 6. The highest BCUT2D eigenvalue weighted by Crippen LogP contribution is 2.49. The SMILES string of the molecule is CCC1(CC)C(NC(=O)C2CCC2C(=O)O)CC1OC. The molecule has 0 bridgehead atoms. The van der Waals surface area contributed by atoms with E-state index in [1.165, 1.54) is 0 Å². The van der Waals surface area contributed by atoms with E-state index >= 15 is 0 Å². The van der Waals surface area contributed by atoms with Crippen LogP contribution >= 0.6 is 0 Å². The van der Waals surface area contributed by atoms with Crippen molar-refractivity contribution >= 4 is 11.9 Å². The lowest BCUT2D eigenvalue weighted by molar-refractivity contribution is -0.157. The van der Waals surface area contributed by atoms with Gasteiger partial charge in [-0.3, -0.25) is 9.59 Å². The minimum absolute atomic E-state index is 0.00682. The largest absolute Gasteiger partial charge is 0.481 e. The molecule has 2 N–H and O–H groups in total. The summed E-state index contributed by atoms with van der Waals surface area (Å²) in [7, 11) is 1.72. The molecular weight excluding hydrogens is 258 g/mol. The molecule has 2 rings (SSSR count). The molecule has 4 unspecified atom stereocenters. The highest BCUT2D eigenvalue weighted by molar-refractivity contribution is 5.86. The summed E-state index contributed by atoms with van der Waals surface area (Å²) in [6.07, 6.45) is 4.24. The summed E-state index contributed by atoms with van der Waals surface area (Å²) in [5.74, 6) is -1.78. The average Bonchev–Trinajstić information content (AvgIpc) is 2.33. The molecule has 1 amide bonds. The Bertz CT molecular complexity index is 391. The average molecular weight is 283 g/mol. The summed E-state index contributed by atoms with van der Waals surface area (Å²) < 4.78 is 5.51. The Kier molecular flexibility index (Phi) is 4.37. The molecule has 0 aromatic heterocycles. The van der Waals surface area contributed by atoms with E-state index in [0.717, 1.165) is 19.3 Å². The van der Waals surface area contributed by atoms with Crippen molar-refractivity contribution in [1.82, 2.24) is 5.32 Å². The minimum atomic E-state index is -0.850. The van der Waals surface area contributed by atoms with Crippen LogP contribution in [0.15, 0.2) is 0 Å². The van der Waals surface area contributed by atoms with Gasteiger partial charge in [-0.2, -0.15) is 0 Å². The van der Waals surface area contributed by atoms with Gasteiger partial charge >= 0.3 is 5.97 Å². The zero-order valence-electron chi connectivity index (χ0n) is 12.5. The van der Waals surface area contributed by atoms with Crippen LogP contribution in [-0.2, 0) is 14.3 Å². The molecule has 5 nitrogen and oxygen atoms in total. The van der Waals surface area contributed by atoms with Gasteiger partial charge in [-0.25, -0.2) is 0 Å². The number of carboxylic acid groups (broad SMARTS) is 1. The second-order valence-electron chi connectivity index (χ2n) is 6.09. The van der Waals surface area contributed by atoms with Crippen molar-refractivity contribution < 1.29 is 19.4 Å². The van der Waals surface area contributed by atoms with E-state index in [1.807, 2.05) is 0 Å². The number of amides is 1. The molecule has 0 aromatic rings. The molecule has 0 radical (unpaired) electrons. The molecule has 2 fully saturated rings. The Hall–Kier alpha value is -1.10. The van der Waals surface area contributed by atoms with Crippen LogP contribution in [0.25, 0.3) is 0 Å². The fourth-order valence-electron chi connectivity index (χ4n) is 3.87. The van der Waals surface area contributed by atoms with Crippen LogP contribution in [0.3, 0.4) is 0 Å². The highest BCUT2D eigenvalue weighted by atomic mass is 16.5. The van der Waals surface area contributed by atoms with Gasteiger partial charge in [0.15, 0.2) is 0 Å². The van der Waals surface area contributed by atoms with E-state index in [4.69, 9.17) is 9.84 Å². The first-order valence-electron chi connectivity index (χ1n) is 7.56. The van der Waals surface area contributed by atoms with E-state index < -0.39 is 11.9 Å². The van der Waals surface area contributed by atoms with E-state index in [-0.39, 0.29) is 29.4 Å². The maximum absolute atomic E-state index is 12.2. The molecule has 20 heavy (non-hydrogen) atoms. The van der Waals surface area contributed by atoms with Gasteiger partial charge in [-0.15, -0.1) is 0 Å². The zero-order chi connectivity index (χ0) is 14.9. The molecule has 0 aromatic carbocycles. The number of hydrogen-bond donors (Lipinski definition) is 2. The molecule has 0 heterocycles. The molecule has 4 atom stereocenters. The Labute approximate surface area is 120 Å². The Morgan fingerprint density at radius 2 is 1.85 bits per heavy atom. The number of ether oxygens (including phenoxy) is 1. The predicted molar refractivity (Wildman–Crippen MR) is 74.2 cm³/mol. The monoisotopic (exact) mass is 283 g/mol. The van der Waals surface area contributed by atoms with Crippen molar-refractivity contribution in [1.29, 1.82) is 0 Å². The topological polar surface area (TPSA) is 75.6 Å². The predicted octanol–water partition coefficient (Wildman–Crippen LogP) is 1.81. The fourth-order valence-corrected chi connectivity index (χ4v) is 3.87. The van der Waals surface area contributed by atoms with Crippen molar-refractivity contribution in [3.8, 4) is 0 Å². The zero-order valence-corrected chi connectivity index (χ0v) is 12.5. The highest BCUT2D eigenvalue weighted by Gasteiger charge is 2.54. The van der Waals surface area contributed by atoms with Crippen LogP contribution in [0, 0.1) is 17.3 Å². The van der Waals surface area contributed by atoms with Crippen LogP contribution in [0.2, 0.25) is 0 Å². The summed E-state index contributed by atoms with van der Waals surface area (Å²) in [6, 6.07) is 0.116. The number of nitrogens with one attached hydrogen (secondary N) is 1. The van der Waals surface area contributed by atoms with Crippen molar-refractivity contribution in [3.63, 3.8) is 0 Å². The van der Waals surface area contributed by atoms with E-state index in [9.17, 15) is 9.59 Å². The number of carbonyl (C=O) groups excluding carboxylic acids is 1. The van der Waals surface area contributed by atoms with Crippen molar-refractivity contribution in [2.24, 2.45) is 17.3 Å². The normalized spacial score (nSPS) is 34.8. The van der Waals surface area contributed by atoms with Gasteiger partial charge in [0.05, 0.1) is 17.9 Å². The molecule has 2 saturated carbocycles. The summed E-state index contributed by atoms with van der Waals surface area (Å²) in [6.45, 7) is 4.24. The van der Waals surface area contributed by atoms with Gasteiger partial charge < -0.3 is 15.2 Å². The lowest BCUT2D eigenvalue weighted by Gasteiger charge is -2.55. The maximum Gasteiger partial charge on any atom is 0.307 e. The maximum atomic E-state index is 12.2. The number of carbonyl (C=O) groups is 2. The van der Waals surface area contributed by atoms with Crippen LogP contribution in [0.4, 0.5) is 0 Å². The lowest BCUT2D eigenvalue weighted by atomic mass is 9.58. The van der Waals surface area contributed by atoms with Crippen LogP contribution in [0.1, 0.15) is 46.0 Å². The Balaban J connectivity index is 1.97. The van der Waals surface area contributed by atoms with Crippen LogP contribution in [-0.4, -0.2) is 36.2 Å². The van der Waals surface area contributed by atoms with E-state index in [0.29, 0.717) is 12.8 Å². The Morgan fingerprint density at radius 3 is 2.25 bits per heavy atom. The number of methoxy groups -OCH3 is 1. The number of aliphatic carboxylic acids is 1. The second-order valence-corrected chi connectivity index (χ2v) is 6.09. The molecule has 2 aliphatic rings. The summed E-state index contributed by atoms with van der Waals surface area (Å²) in [4.78, 5) is 23.2. The first-order valence-corrected chi connectivity index (χ1v) is 7.56. The number of carboxylic acids is 1. The fraction of sp³-hybridized carbons (Fsp3) is 0.867. The molecule has 5 heteroatoms. The molecule has 0 aliphatic heterocycles. The third kappa shape index (κ3) is 2.22. The van der Waals surface area contributed by atoms with Gasteiger partial charge in [-0.05, 0) is 32.1 Å². The molecular formula is C15H25NO4. The number of hydrogen-bond acceptors (Lipinski definition) is 3. The summed E-state index contributed by atoms with van der Waals surface area (Å²) in [5, 5.41) is 12.1. The van der Waals surface area contributed by atoms with Crippen molar-refractivity contribution in [2.45, 2.75) is 58.1 Å². The third-order valence-electron chi connectivity index (χ3n) is 5.63. The van der Waals surface area contributed by atoms with Gasteiger partial charge in [0.25, 0.3) is 0 Å². The standard InChI is InChI=1S/C15H25NO4/c1-4-15(5-2)11(8-12(15)20-3)16-13(17)9-6-7-10(9)14(18)19/h9-12H,4-8H2,1-3H3,(H,16,17)(H,18,19). The quantitative estimate of drug-likeness (QED) is 0.779. The first-order chi connectivity index (χ1) is 9.50. The molecule has 0 spiro atoms. The molecule has 114 valence electrons. The van der Waals surface area contributed by atoms with Gasteiger partial charge in [0.2, 0.25) is 5.91 Å². The van der Waals surface area contributed by atoms with E-state index in [2.05, 4.69) is 19.2 Å². The summed E-state index contributed by atoms with van der Waals surface area (Å²) in [5.41, 5.74) is 0.00682. The summed E-state index contributed by atoms with van der Waals surface area (Å²) >= 11 is 0. The third-order valence-corrected chi connectivity index (χ3v) is 5.63. The van der Waals surface area contributed by atoms with E-state index in [1.54, 1.807) is 7.11 Å².